The molecule has 0 aromatic heterocycles. The molecule has 0 amide bonds. The van der Waals surface area contributed by atoms with E-state index in [0.29, 0.717) is 12.5 Å². The minimum atomic E-state index is -0.0900. The largest absolute Gasteiger partial charge is 0.494 e. The van der Waals surface area contributed by atoms with Crippen molar-refractivity contribution in [3.8, 4) is 5.75 Å². The molecule has 1 unspecified atom stereocenters. The lowest BCUT2D eigenvalue weighted by molar-refractivity contribution is 0.340. The fraction of sp³-hybridized carbons (Fsp3) is 0.368. The molecule has 0 aliphatic rings. The standard InChI is InChI=1S/C19H25NO/c1-4-21-18-10-8-16(9-11-18)19(20)17-7-5-6-15(13-17)12-14(2)3/h5-11,13-14,19H,4,12,20H2,1-3H3. The van der Waals surface area contributed by atoms with Gasteiger partial charge in [-0.05, 0) is 48.1 Å². The fourth-order valence-corrected chi connectivity index (χ4v) is 2.52. The number of nitrogens with two attached hydrogens (primary N) is 1. The van der Waals surface area contributed by atoms with Crippen LogP contribution in [0.1, 0.15) is 43.5 Å². The summed E-state index contributed by atoms with van der Waals surface area (Å²) in [6.07, 6.45) is 1.09. The monoisotopic (exact) mass is 283 g/mol. The first kappa shape index (κ1) is 15.6. The molecule has 2 heteroatoms. The normalized spacial score (nSPS) is 12.4. The number of benzene rings is 2. The minimum absolute atomic E-state index is 0.0900. The van der Waals surface area contributed by atoms with Crippen molar-refractivity contribution in [1.29, 1.82) is 0 Å². The molecule has 0 spiro atoms. The van der Waals surface area contributed by atoms with Crippen LogP contribution in [-0.2, 0) is 6.42 Å². The molecule has 0 saturated heterocycles. The summed E-state index contributed by atoms with van der Waals surface area (Å²) >= 11 is 0. The lowest BCUT2D eigenvalue weighted by Gasteiger charge is -2.15. The average molecular weight is 283 g/mol. The van der Waals surface area contributed by atoms with Gasteiger partial charge in [0.25, 0.3) is 0 Å². The molecule has 112 valence electrons. The molecule has 0 aliphatic heterocycles. The van der Waals surface area contributed by atoms with E-state index in [0.717, 1.165) is 23.3 Å². The predicted molar refractivity (Wildman–Crippen MR) is 88.6 cm³/mol. The minimum Gasteiger partial charge on any atom is -0.494 e. The van der Waals surface area contributed by atoms with Crippen LogP contribution in [0.2, 0.25) is 0 Å². The van der Waals surface area contributed by atoms with E-state index >= 15 is 0 Å². The highest BCUT2D eigenvalue weighted by molar-refractivity contribution is 5.36. The first-order chi connectivity index (χ1) is 10.1. The number of ether oxygens (including phenoxy) is 1. The third-order valence-electron chi connectivity index (χ3n) is 3.50. The maximum Gasteiger partial charge on any atom is 0.119 e. The summed E-state index contributed by atoms with van der Waals surface area (Å²) in [5.74, 6) is 1.55. The Balaban J connectivity index is 2.16. The molecular weight excluding hydrogens is 258 g/mol. The van der Waals surface area contributed by atoms with Gasteiger partial charge in [-0.3, -0.25) is 0 Å². The highest BCUT2D eigenvalue weighted by Crippen LogP contribution is 2.23. The summed E-state index contributed by atoms with van der Waals surface area (Å²) in [4.78, 5) is 0. The van der Waals surface area contributed by atoms with Gasteiger partial charge in [-0.15, -0.1) is 0 Å². The van der Waals surface area contributed by atoms with Gasteiger partial charge < -0.3 is 10.5 Å². The van der Waals surface area contributed by atoms with Crippen molar-refractivity contribution in [3.05, 3.63) is 65.2 Å². The maximum atomic E-state index is 6.40. The maximum absolute atomic E-state index is 6.40. The summed E-state index contributed by atoms with van der Waals surface area (Å²) in [5, 5.41) is 0. The van der Waals surface area contributed by atoms with Crippen molar-refractivity contribution in [3.63, 3.8) is 0 Å². The van der Waals surface area contributed by atoms with Crippen molar-refractivity contribution < 1.29 is 4.74 Å². The highest BCUT2D eigenvalue weighted by atomic mass is 16.5. The van der Waals surface area contributed by atoms with Gasteiger partial charge in [0, 0.05) is 0 Å². The zero-order chi connectivity index (χ0) is 15.2. The predicted octanol–water partition coefficient (Wildman–Crippen LogP) is 4.33. The highest BCUT2D eigenvalue weighted by Gasteiger charge is 2.10. The topological polar surface area (TPSA) is 35.2 Å². The molecule has 2 aromatic rings. The molecule has 0 aliphatic carbocycles. The zero-order valence-electron chi connectivity index (χ0n) is 13.2. The van der Waals surface area contributed by atoms with E-state index in [2.05, 4.69) is 38.1 Å². The van der Waals surface area contributed by atoms with Gasteiger partial charge in [0.05, 0.1) is 12.6 Å². The van der Waals surface area contributed by atoms with Crippen molar-refractivity contribution in [2.24, 2.45) is 11.7 Å². The summed E-state index contributed by atoms with van der Waals surface area (Å²) in [6, 6.07) is 16.6. The molecule has 2 rings (SSSR count). The van der Waals surface area contributed by atoms with Gasteiger partial charge in [0.2, 0.25) is 0 Å². The Morgan fingerprint density at radius 1 is 1.00 bits per heavy atom. The average Bonchev–Trinajstić information content (AvgIpc) is 2.47. The van der Waals surface area contributed by atoms with E-state index < -0.39 is 0 Å². The van der Waals surface area contributed by atoms with Crippen molar-refractivity contribution >= 4 is 0 Å². The van der Waals surface area contributed by atoms with Crippen molar-refractivity contribution in [2.75, 3.05) is 6.61 Å². The van der Waals surface area contributed by atoms with Crippen LogP contribution in [0.15, 0.2) is 48.5 Å². The first-order valence-electron chi connectivity index (χ1n) is 7.67. The van der Waals surface area contributed by atoms with Crippen LogP contribution in [0, 0.1) is 5.92 Å². The van der Waals surface area contributed by atoms with Gasteiger partial charge in [-0.25, -0.2) is 0 Å². The number of hydrogen-bond acceptors (Lipinski definition) is 2. The van der Waals surface area contributed by atoms with Crippen LogP contribution in [0.5, 0.6) is 5.75 Å². The van der Waals surface area contributed by atoms with Crippen LogP contribution in [0.3, 0.4) is 0 Å². The molecule has 0 bridgehead atoms. The van der Waals surface area contributed by atoms with E-state index in [1.165, 1.54) is 5.56 Å². The summed E-state index contributed by atoms with van der Waals surface area (Å²) < 4.78 is 5.47. The van der Waals surface area contributed by atoms with Crippen LogP contribution in [0.25, 0.3) is 0 Å². The van der Waals surface area contributed by atoms with Gasteiger partial charge in [-0.1, -0.05) is 50.2 Å². The third kappa shape index (κ3) is 4.33. The number of hydrogen-bond donors (Lipinski definition) is 1. The molecule has 0 heterocycles. The van der Waals surface area contributed by atoms with Gasteiger partial charge in [0.15, 0.2) is 0 Å². The van der Waals surface area contributed by atoms with E-state index in [9.17, 15) is 0 Å². The Labute approximate surface area is 127 Å². The molecule has 0 fully saturated rings. The SMILES string of the molecule is CCOc1ccc(C(N)c2cccc(CC(C)C)c2)cc1. The molecule has 0 saturated carbocycles. The molecule has 0 radical (unpaired) electrons. The molecule has 2 aromatic carbocycles. The van der Waals surface area contributed by atoms with E-state index in [4.69, 9.17) is 10.5 Å². The second-order valence-corrected chi connectivity index (χ2v) is 5.82. The lowest BCUT2D eigenvalue weighted by Crippen LogP contribution is -2.12. The van der Waals surface area contributed by atoms with Gasteiger partial charge in [0.1, 0.15) is 5.75 Å². The Morgan fingerprint density at radius 3 is 2.33 bits per heavy atom. The fourth-order valence-electron chi connectivity index (χ4n) is 2.52. The number of rotatable bonds is 6. The first-order valence-corrected chi connectivity index (χ1v) is 7.67. The Bertz CT molecular complexity index is 560. The quantitative estimate of drug-likeness (QED) is 0.856. The van der Waals surface area contributed by atoms with Crippen LogP contribution in [0.4, 0.5) is 0 Å². The van der Waals surface area contributed by atoms with Crippen LogP contribution < -0.4 is 10.5 Å². The molecular formula is C19H25NO. The van der Waals surface area contributed by atoms with Gasteiger partial charge in [-0.2, -0.15) is 0 Å². The third-order valence-corrected chi connectivity index (χ3v) is 3.50. The second-order valence-electron chi connectivity index (χ2n) is 5.82. The Morgan fingerprint density at radius 2 is 1.71 bits per heavy atom. The van der Waals surface area contributed by atoms with E-state index in [-0.39, 0.29) is 6.04 Å². The molecule has 21 heavy (non-hydrogen) atoms. The second kappa shape index (κ2) is 7.28. The van der Waals surface area contributed by atoms with Crippen molar-refractivity contribution in [1.82, 2.24) is 0 Å². The van der Waals surface area contributed by atoms with E-state index in [1.54, 1.807) is 0 Å². The zero-order valence-corrected chi connectivity index (χ0v) is 13.2. The van der Waals surface area contributed by atoms with Gasteiger partial charge >= 0.3 is 0 Å². The van der Waals surface area contributed by atoms with Crippen LogP contribution in [-0.4, -0.2) is 6.61 Å². The van der Waals surface area contributed by atoms with E-state index in [1.807, 2.05) is 31.2 Å². The Kier molecular flexibility index (Phi) is 5.40. The summed E-state index contributed by atoms with van der Waals surface area (Å²) in [7, 11) is 0. The molecule has 2 nitrogen and oxygen atoms in total. The van der Waals surface area contributed by atoms with Crippen molar-refractivity contribution in [2.45, 2.75) is 33.2 Å². The Hall–Kier alpha value is -1.80. The summed E-state index contributed by atoms with van der Waals surface area (Å²) in [6.45, 7) is 7.14. The molecule has 1 atom stereocenters. The lowest BCUT2D eigenvalue weighted by atomic mass is 9.95. The van der Waals surface area contributed by atoms with Crippen LogP contribution >= 0.6 is 0 Å². The summed E-state index contributed by atoms with van der Waals surface area (Å²) in [5.41, 5.74) is 10.0. The smallest absolute Gasteiger partial charge is 0.119 e. The molecule has 2 N–H and O–H groups in total.